The van der Waals surface area contributed by atoms with Gasteiger partial charge in [0, 0.05) is 0 Å². The number of carbonyl (C=O) groups excluding carboxylic acids is 2. The Labute approximate surface area is 277 Å². The van der Waals surface area contributed by atoms with Crippen molar-refractivity contribution in [2.45, 2.75) is 186 Å². The summed E-state index contributed by atoms with van der Waals surface area (Å²) in [5.74, 6) is 0.275. The van der Waals surface area contributed by atoms with Gasteiger partial charge in [0.1, 0.15) is 18.0 Å². The number of ether oxygens (including phenoxy) is 3. The maximum atomic E-state index is 14.3. The van der Waals surface area contributed by atoms with E-state index in [1.807, 2.05) is 12.1 Å². The average molecular weight is 649 g/mol. The number of hydrogen-bond acceptors (Lipinski definition) is 5. The molecule has 1 aromatic carbocycles. The van der Waals surface area contributed by atoms with E-state index in [0.29, 0.717) is 18.4 Å². The van der Waals surface area contributed by atoms with Crippen molar-refractivity contribution in [3.63, 3.8) is 0 Å². The van der Waals surface area contributed by atoms with E-state index in [-0.39, 0.29) is 25.0 Å². The molecule has 0 spiro atoms. The molecule has 2 aliphatic carbocycles. The Bertz CT molecular complexity index is 954. The van der Waals surface area contributed by atoms with Crippen LogP contribution in [0.25, 0.3) is 0 Å². The van der Waals surface area contributed by atoms with Crippen molar-refractivity contribution in [1.29, 1.82) is 0 Å². The Hall–Kier alpha value is -2.18. The van der Waals surface area contributed by atoms with Gasteiger partial charge in [-0.05, 0) is 107 Å². The van der Waals surface area contributed by atoms with Crippen LogP contribution in [0.4, 0.5) is 8.78 Å². The fourth-order valence-corrected chi connectivity index (χ4v) is 6.90. The van der Waals surface area contributed by atoms with Gasteiger partial charge in [0.25, 0.3) is 0 Å². The van der Waals surface area contributed by atoms with Gasteiger partial charge in [-0.2, -0.15) is 0 Å². The molecule has 5 nitrogen and oxygen atoms in total. The van der Waals surface area contributed by atoms with E-state index < -0.39 is 24.3 Å². The summed E-state index contributed by atoms with van der Waals surface area (Å²) < 4.78 is 45.7. The van der Waals surface area contributed by atoms with Crippen molar-refractivity contribution >= 4 is 11.9 Å². The zero-order chi connectivity index (χ0) is 33.0. The zero-order valence-corrected chi connectivity index (χ0v) is 28.8. The topological polar surface area (TPSA) is 61.8 Å². The smallest absolute Gasteiger partial charge is 0.340 e. The zero-order valence-electron chi connectivity index (χ0n) is 28.8. The molecule has 0 amide bonds. The van der Waals surface area contributed by atoms with E-state index in [2.05, 4.69) is 26.0 Å². The van der Waals surface area contributed by atoms with Gasteiger partial charge in [0.05, 0.1) is 6.61 Å². The van der Waals surface area contributed by atoms with Gasteiger partial charge in [-0.15, -0.1) is 0 Å². The van der Waals surface area contributed by atoms with Gasteiger partial charge in [0.15, 0.2) is 12.3 Å². The highest BCUT2D eigenvalue weighted by Gasteiger charge is 2.29. The molecule has 0 aliphatic heterocycles. The first-order valence-corrected chi connectivity index (χ1v) is 18.8. The molecule has 46 heavy (non-hydrogen) atoms. The lowest BCUT2D eigenvalue weighted by molar-refractivity contribution is -0.158. The van der Waals surface area contributed by atoms with Crippen molar-refractivity contribution in [1.82, 2.24) is 0 Å². The maximum absolute atomic E-state index is 14.3. The van der Waals surface area contributed by atoms with Crippen LogP contribution in [0.15, 0.2) is 24.3 Å². The molecule has 0 heterocycles. The molecule has 1 aromatic rings. The van der Waals surface area contributed by atoms with Crippen LogP contribution < -0.4 is 4.74 Å². The molecule has 0 unspecified atom stereocenters. The van der Waals surface area contributed by atoms with Gasteiger partial charge in [-0.25, -0.2) is 18.4 Å². The largest absolute Gasteiger partial charge is 0.493 e. The SMILES string of the molecule is CCCCCCCC[C@H](F)C(=O)O[C@H]1CC[C@H](COc2ccc([C@H]3CC[C@H](OC(=O)[C@@H](F)CCCCCCCC)CC3)cc2)CC1. The second-order valence-electron chi connectivity index (χ2n) is 13.9. The van der Waals surface area contributed by atoms with Gasteiger partial charge < -0.3 is 14.2 Å². The third-order valence-electron chi connectivity index (χ3n) is 10.0. The van der Waals surface area contributed by atoms with Crippen LogP contribution in [0, 0.1) is 5.92 Å². The Morgan fingerprint density at radius 1 is 0.630 bits per heavy atom. The summed E-state index contributed by atoms with van der Waals surface area (Å²) in [6, 6.07) is 8.30. The highest BCUT2D eigenvalue weighted by Crippen LogP contribution is 2.35. The Balaban J connectivity index is 1.26. The van der Waals surface area contributed by atoms with E-state index in [1.54, 1.807) is 0 Å². The molecule has 0 bridgehead atoms. The summed E-state index contributed by atoms with van der Waals surface area (Å²) in [6.45, 7) is 4.97. The number of benzene rings is 1. The van der Waals surface area contributed by atoms with E-state index in [0.717, 1.165) is 95.6 Å². The molecule has 0 saturated heterocycles. The number of esters is 2. The van der Waals surface area contributed by atoms with Crippen LogP contribution in [-0.4, -0.2) is 43.1 Å². The lowest BCUT2D eigenvalue weighted by atomic mass is 9.82. The summed E-state index contributed by atoms with van der Waals surface area (Å²) in [5, 5.41) is 0. The van der Waals surface area contributed by atoms with E-state index in [9.17, 15) is 18.4 Å². The predicted octanol–water partition coefficient (Wildman–Crippen LogP) is 10.9. The van der Waals surface area contributed by atoms with E-state index in [4.69, 9.17) is 14.2 Å². The summed E-state index contributed by atoms with van der Waals surface area (Å²) in [4.78, 5) is 24.4. The molecular weight excluding hydrogens is 586 g/mol. The molecule has 262 valence electrons. The second-order valence-corrected chi connectivity index (χ2v) is 13.9. The minimum atomic E-state index is -1.50. The van der Waals surface area contributed by atoms with Gasteiger partial charge in [0.2, 0.25) is 0 Å². The third-order valence-corrected chi connectivity index (χ3v) is 10.0. The van der Waals surface area contributed by atoms with Crippen LogP contribution >= 0.6 is 0 Å². The van der Waals surface area contributed by atoms with Gasteiger partial charge >= 0.3 is 11.9 Å². The fraction of sp³-hybridized carbons (Fsp3) is 0.795. The highest BCUT2D eigenvalue weighted by molar-refractivity contribution is 5.75. The van der Waals surface area contributed by atoms with Crippen molar-refractivity contribution in [2.24, 2.45) is 5.92 Å². The van der Waals surface area contributed by atoms with Crippen LogP contribution in [0.1, 0.15) is 167 Å². The summed E-state index contributed by atoms with van der Waals surface area (Å²) in [7, 11) is 0. The first-order chi connectivity index (χ1) is 22.4. The summed E-state index contributed by atoms with van der Waals surface area (Å²) in [6.07, 6.45) is 16.7. The highest BCUT2D eigenvalue weighted by atomic mass is 19.1. The molecule has 0 radical (unpaired) electrons. The number of rotatable bonds is 22. The van der Waals surface area contributed by atoms with E-state index in [1.165, 1.54) is 44.1 Å². The lowest BCUT2D eigenvalue weighted by Crippen LogP contribution is -2.30. The van der Waals surface area contributed by atoms with Gasteiger partial charge in [-0.1, -0.05) is 90.2 Å². The van der Waals surface area contributed by atoms with Crippen molar-refractivity contribution in [3.05, 3.63) is 29.8 Å². The molecule has 2 atom stereocenters. The number of carbonyl (C=O) groups is 2. The lowest BCUT2D eigenvalue weighted by Gasteiger charge is -2.29. The van der Waals surface area contributed by atoms with E-state index >= 15 is 0 Å². The molecular formula is C39H62F2O5. The summed E-state index contributed by atoms with van der Waals surface area (Å²) >= 11 is 0. The first kappa shape index (κ1) is 38.3. The molecule has 3 rings (SSSR count). The van der Waals surface area contributed by atoms with Crippen LogP contribution in [-0.2, 0) is 19.1 Å². The summed E-state index contributed by atoms with van der Waals surface area (Å²) in [5.41, 5.74) is 1.26. The number of alkyl halides is 2. The van der Waals surface area contributed by atoms with Crippen LogP contribution in [0.2, 0.25) is 0 Å². The first-order valence-electron chi connectivity index (χ1n) is 18.8. The predicted molar refractivity (Wildman–Crippen MR) is 181 cm³/mol. The molecule has 2 aliphatic rings. The second kappa shape index (κ2) is 22.4. The Morgan fingerprint density at radius 2 is 1.07 bits per heavy atom. The molecule has 7 heteroatoms. The fourth-order valence-electron chi connectivity index (χ4n) is 6.90. The average Bonchev–Trinajstić information content (AvgIpc) is 3.08. The van der Waals surface area contributed by atoms with Gasteiger partial charge in [-0.3, -0.25) is 0 Å². The van der Waals surface area contributed by atoms with Crippen molar-refractivity contribution < 1.29 is 32.6 Å². The molecule has 0 N–H and O–H groups in total. The van der Waals surface area contributed by atoms with Crippen molar-refractivity contribution in [2.75, 3.05) is 6.61 Å². The van der Waals surface area contributed by atoms with Crippen molar-refractivity contribution in [3.8, 4) is 5.75 Å². The monoisotopic (exact) mass is 648 g/mol. The quantitative estimate of drug-likeness (QED) is 0.0925. The van der Waals surface area contributed by atoms with Crippen LogP contribution in [0.5, 0.6) is 5.75 Å². The normalized spacial score (nSPS) is 23.0. The molecule has 2 saturated carbocycles. The number of unbranched alkanes of at least 4 members (excludes halogenated alkanes) is 10. The third kappa shape index (κ3) is 14.7. The minimum absolute atomic E-state index is 0.184. The van der Waals surface area contributed by atoms with Crippen LogP contribution in [0.3, 0.4) is 0 Å². The Kier molecular flexibility index (Phi) is 18.6. The number of hydrogen-bond donors (Lipinski definition) is 0. The standard InChI is InChI=1S/C39H62F2O5/c1-3-5-7-9-11-13-15-36(40)38(42)45-34-23-17-30(18-24-34)29-44-33-25-19-31(20-26-33)32-21-27-35(28-22-32)46-39(43)37(41)16-14-12-10-8-6-4-2/h19-20,25-26,30,32,34-37H,3-18,21-24,27-29H2,1-2H3/t30-,32-,34-,35-,36-,37-/m0/s1. The molecule has 0 aromatic heterocycles. The molecule has 2 fully saturated rings. The number of halogens is 2. The minimum Gasteiger partial charge on any atom is -0.493 e. The maximum Gasteiger partial charge on any atom is 0.340 e. The Morgan fingerprint density at radius 3 is 1.54 bits per heavy atom.